The lowest BCUT2D eigenvalue weighted by Crippen LogP contribution is -2.45. The monoisotopic (exact) mass is 423 g/mol. The molecule has 0 aromatic heterocycles. The summed E-state index contributed by atoms with van der Waals surface area (Å²) in [6.07, 6.45) is 5.21. The molecule has 7 heteroatoms. The van der Waals surface area contributed by atoms with Crippen LogP contribution < -0.4 is 10.6 Å². The van der Waals surface area contributed by atoms with Crippen LogP contribution in [0.3, 0.4) is 0 Å². The Morgan fingerprint density at radius 2 is 1.84 bits per heavy atom. The van der Waals surface area contributed by atoms with Crippen LogP contribution in [-0.4, -0.2) is 60.8 Å². The summed E-state index contributed by atoms with van der Waals surface area (Å²) in [4.78, 5) is 28.7. The first-order valence-electron chi connectivity index (χ1n) is 11.3. The van der Waals surface area contributed by atoms with Crippen molar-refractivity contribution in [2.24, 2.45) is 17.3 Å². The second-order valence-electron chi connectivity index (χ2n) is 9.26. The summed E-state index contributed by atoms with van der Waals surface area (Å²) in [7, 11) is 0. The van der Waals surface area contributed by atoms with Gasteiger partial charge < -0.3 is 25.8 Å². The molecular weight excluding hydrogens is 390 g/mol. The zero-order valence-electron chi connectivity index (χ0n) is 18.1. The van der Waals surface area contributed by atoms with E-state index < -0.39 is 0 Å². The third-order valence-corrected chi connectivity index (χ3v) is 7.29. The molecule has 7 nitrogen and oxygen atoms in total. The number of hydrogen-bond acceptors (Lipinski definition) is 3. The summed E-state index contributed by atoms with van der Waals surface area (Å²) in [6, 6.07) is 9.95. The molecule has 4 amide bonds. The van der Waals surface area contributed by atoms with Crippen LogP contribution in [0.25, 0.3) is 0 Å². The fourth-order valence-electron chi connectivity index (χ4n) is 5.07. The standard InChI is InChI=1S/C24H33N5O2/c1-18-16-29(17-20(18)7-10-25)23(31)27-15-21-13-24(21)8-11-28(12-9-24)22(30)26-14-19-5-3-2-4-6-19/h2-6,10,20-21,25H,1,7-9,11-17H2,(H,26,30)(H,27,31). The van der Waals surface area contributed by atoms with Gasteiger partial charge in [-0.15, -0.1) is 0 Å². The number of carbonyl (C=O) groups is 2. The Morgan fingerprint density at radius 3 is 2.55 bits per heavy atom. The van der Waals surface area contributed by atoms with Gasteiger partial charge in [0.25, 0.3) is 0 Å². The van der Waals surface area contributed by atoms with Crippen LogP contribution in [0.2, 0.25) is 0 Å². The van der Waals surface area contributed by atoms with Crippen molar-refractivity contribution in [1.29, 1.82) is 5.41 Å². The Morgan fingerprint density at radius 1 is 1.13 bits per heavy atom. The smallest absolute Gasteiger partial charge is 0.317 e. The van der Waals surface area contributed by atoms with Crippen LogP contribution in [0.4, 0.5) is 9.59 Å². The summed E-state index contributed by atoms with van der Waals surface area (Å²) in [6.45, 7) is 8.12. The van der Waals surface area contributed by atoms with E-state index in [-0.39, 0.29) is 18.0 Å². The predicted molar refractivity (Wildman–Crippen MR) is 121 cm³/mol. The average molecular weight is 424 g/mol. The van der Waals surface area contributed by atoms with Crippen molar-refractivity contribution in [3.8, 4) is 0 Å². The molecule has 3 aliphatic rings. The predicted octanol–water partition coefficient (Wildman–Crippen LogP) is 3.24. The summed E-state index contributed by atoms with van der Waals surface area (Å²) in [5.41, 5.74) is 2.44. The van der Waals surface area contributed by atoms with Crippen molar-refractivity contribution in [2.75, 3.05) is 32.7 Å². The van der Waals surface area contributed by atoms with Crippen molar-refractivity contribution in [3.63, 3.8) is 0 Å². The number of benzene rings is 1. The first kappa shape index (κ1) is 21.4. The minimum atomic E-state index is -0.0200. The van der Waals surface area contributed by atoms with E-state index in [0.29, 0.717) is 43.9 Å². The third kappa shape index (κ3) is 4.92. The van der Waals surface area contributed by atoms with Crippen molar-refractivity contribution in [2.45, 2.75) is 32.2 Å². The maximum absolute atomic E-state index is 12.5. The van der Waals surface area contributed by atoms with Gasteiger partial charge in [0.2, 0.25) is 0 Å². The molecule has 2 aliphatic heterocycles. The van der Waals surface area contributed by atoms with Gasteiger partial charge in [0.05, 0.1) is 0 Å². The molecule has 4 rings (SSSR count). The van der Waals surface area contributed by atoms with Gasteiger partial charge >= 0.3 is 12.1 Å². The fraction of sp³-hybridized carbons (Fsp3) is 0.542. The van der Waals surface area contributed by atoms with Crippen LogP contribution in [-0.2, 0) is 6.54 Å². The van der Waals surface area contributed by atoms with Gasteiger partial charge in [0.1, 0.15) is 0 Å². The first-order chi connectivity index (χ1) is 15.0. The molecular formula is C24H33N5O2. The van der Waals surface area contributed by atoms with E-state index in [1.165, 1.54) is 6.21 Å². The molecule has 1 aliphatic carbocycles. The average Bonchev–Trinajstić information content (AvgIpc) is 3.32. The lowest BCUT2D eigenvalue weighted by Gasteiger charge is -2.33. The van der Waals surface area contributed by atoms with E-state index in [9.17, 15) is 9.59 Å². The highest BCUT2D eigenvalue weighted by molar-refractivity contribution is 5.75. The lowest BCUT2D eigenvalue weighted by atomic mass is 9.91. The highest BCUT2D eigenvalue weighted by atomic mass is 16.2. The van der Waals surface area contributed by atoms with Crippen molar-refractivity contribution < 1.29 is 9.59 Å². The van der Waals surface area contributed by atoms with Crippen molar-refractivity contribution in [3.05, 3.63) is 48.0 Å². The second-order valence-corrected chi connectivity index (χ2v) is 9.26. The Balaban J connectivity index is 1.16. The Bertz CT molecular complexity index is 832. The van der Waals surface area contributed by atoms with Crippen molar-refractivity contribution >= 4 is 18.3 Å². The zero-order valence-corrected chi connectivity index (χ0v) is 18.1. The summed E-state index contributed by atoms with van der Waals surface area (Å²) < 4.78 is 0. The molecule has 1 aromatic carbocycles. The van der Waals surface area contributed by atoms with Gasteiger partial charge in [0, 0.05) is 45.2 Å². The van der Waals surface area contributed by atoms with Gasteiger partial charge in [-0.05, 0) is 48.8 Å². The molecule has 2 atom stereocenters. The largest absolute Gasteiger partial charge is 0.338 e. The van der Waals surface area contributed by atoms with E-state index in [1.807, 2.05) is 40.1 Å². The molecule has 3 fully saturated rings. The molecule has 2 unspecified atom stereocenters. The second kappa shape index (κ2) is 9.12. The number of piperidine rings is 1. The molecule has 0 bridgehead atoms. The van der Waals surface area contributed by atoms with E-state index in [2.05, 4.69) is 17.2 Å². The van der Waals surface area contributed by atoms with Crippen LogP contribution in [0.15, 0.2) is 42.5 Å². The number of hydrogen-bond donors (Lipinski definition) is 3. The molecule has 1 aromatic rings. The molecule has 1 saturated carbocycles. The Kier molecular flexibility index (Phi) is 6.30. The highest BCUT2D eigenvalue weighted by Gasteiger charge is 2.54. The third-order valence-electron chi connectivity index (χ3n) is 7.29. The number of likely N-dealkylation sites (tertiary alicyclic amines) is 2. The van der Waals surface area contributed by atoms with Gasteiger partial charge in [-0.2, -0.15) is 0 Å². The van der Waals surface area contributed by atoms with Gasteiger partial charge in [-0.1, -0.05) is 42.5 Å². The topological polar surface area (TPSA) is 88.5 Å². The molecule has 2 heterocycles. The molecule has 166 valence electrons. The van der Waals surface area contributed by atoms with Crippen molar-refractivity contribution in [1.82, 2.24) is 20.4 Å². The summed E-state index contributed by atoms with van der Waals surface area (Å²) >= 11 is 0. The SMILES string of the molecule is C=C1CN(C(=O)NCC2CC23CCN(C(=O)NCc2ccccc2)CC3)CC1CC=N. The number of carbonyl (C=O) groups excluding carboxylic acids is 2. The molecule has 31 heavy (non-hydrogen) atoms. The summed E-state index contributed by atoms with van der Waals surface area (Å²) in [5.74, 6) is 0.724. The summed E-state index contributed by atoms with van der Waals surface area (Å²) in [5, 5.41) is 13.4. The Hall–Kier alpha value is -2.83. The maximum atomic E-state index is 12.5. The molecule has 0 radical (unpaired) electrons. The van der Waals surface area contributed by atoms with Crippen LogP contribution in [0, 0.1) is 22.7 Å². The maximum Gasteiger partial charge on any atom is 0.317 e. The number of urea groups is 2. The molecule has 1 spiro atoms. The molecule has 3 N–H and O–H groups in total. The number of rotatable bonds is 6. The highest BCUT2D eigenvalue weighted by Crippen LogP contribution is 2.59. The van der Waals surface area contributed by atoms with Crippen LogP contribution in [0.1, 0.15) is 31.2 Å². The Labute approximate surface area is 184 Å². The van der Waals surface area contributed by atoms with Gasteiger partial charge in [0.15, 0.2) is 0 Å². The zero-order chi connectivity index (χ0) is 21.8. The lowest BCUT2D eigenvalue weighted by molar-refractivity contribution is 0.159. The normalized spacial score (nSPS) is 24.2. The minimum Gasteiger partial charge on any atom is -0.338 e. The fourth-order valence-corrected chi connectivity index (χ4v) is 5.07. The number of nitrogens with zero attached hydrogens (tertiary/aromatic N) is 2. The minimum absolute atomic E-state index is 0.0120. The van der Waals surface area contributed by atoms with E-state index in [1.54, 1.807) is 0 Å². The van der Waals surface area contributed by atoms with Crippen LogP contribution >= 0.6 is 0 Å². The number of nitrogens with one attached hydrogen (secondary N) is 3. The van der Waals surface area contributed by atoms with E-state index in [0.717, 1.165) is 43.5 Å². The molecule has 2 saturated heterocycles. The van der Waals surface area contributed by atoms with E-state index in [4.69, 9.17) is 5.41 Å². The quantitative estimate of drug-likeness (QED) is 0.484. The van der Waals surface area contributed by atoms with E-state index >= 15 is 0 Å². The number of amides is 4. The first-order valence-corrected chi connectivity index (χ1v) is 11.3. The van der Waals surface area contributed by atoms with Crippen LogP contribution in [0.5, 0.6) is 0 Å². The van der Waals surface area contributed by atoms with Gasteiger partial charge in [-0.25, -0.2) is 9.59 Å². The van der Waals surface area contributed by atoms with Gasteiger partial charge in [-0.3, -0.25) is 0 Å².